The smallest absolute Gasteiger partial charge is 0.243 e. The quantitative estimate of drug-likeness (QED) is 0.571. The molecule has 0 saturated carbocycles. The number of rotatable bonds is 8. The predicted molar refractivity (Wildman–Crippen MR) is 120 cm³/mol. The van der Waals surface area contributed by atoms with E-state index in [1.807, 2.05) is 0 Å². The normalized spacial score (nSPS) is 20.2. The molecule has 2 aliphatic heterocycles. The molecular formula is C20H28N6O4S2. The number of amides is 1. The molecule has 1 atom stereocenters. The van der Waals surface area contributed by atoms with Gasteiger partial charge in [0.05, 0.1) is 23.3 Å². The lowest BCUT2D eigenvalue weighted by Crippen LogP contribution is -2.31. The lowest BCUT2D eigenvalue weighted by Gasteiger charge is -2.20. The van der Waals surface area contributed by atoms with Crippen molar-refractivity contribution < 1.29 is 17.9 Å². The molecule has 12 heteroatoms. The summed E-state index contributed by atoms with van der Waals surface area (Å²) in [5.41, 5.74) is 0.546. The number of carbonyl (C=O) groups excluding carboxylic acids is 1. The van der Waals surface area contributed by atoms with E-state index in [2.05, 4.69) is 20.8 Å². The SMILES string of the molecule is O=C(CSc1nnnn1C[C@@H]1CCCO1)Nc1ccc(S(=O)(=O)N2CCCCCC2)cc1. The minimum atomic E-state index is -3.50. The van der Waals surface area contributed by atoms with E-state index in [1.54, 1.807) is 33.3 Å². The fourth-order valence-electron chi connectivity index (χ4n) is 3.86. The topological polar surface area (TPSA) is 119 Å². The zero-order chi connectivity index (χ0) is 22.4. The summed E-state index contributed by atoms with van der Waals surface area (Å²) in [6.45, 7) is 2.45. The fourth-order valence-corrected chi connectivity index (χ4v) is 6.07. The Morgan fingerprint density at radius 3 is 2.56 bits per heavy atom. The lowest BCUT2D eigenvalue weighted by molar-refractivity contribution is -0.113. The Morgan fingerprint density at radius 2 is 1.88 bits per heavy atom. The van der Waals surface area contributed by atoms with E-state index in [0.29, 0.717) is 30.5 Å². The van der Waals surface area contributed by atoms with Gasteiger partial charge in [0, 0.05) is 25.4 Å². The third-order valence-corrected chi connectivity index (χ3v) is 8.44. The maximum absolute atomic E-state index is 12.9. The Morgan fingerprint density at radius 1 is 1.12 bits per heavy atom. The molecule has 10 nitrogen and oxygen atoms in total. The highest BCUT2D eigenvalue weighted by atomic mass is 32.2. The molecule has 0 radical (unpaired) electrons. The molecular weight excluding hydrogens is 452 g/mol. The standard InChI is InChI=1S/C20H28N6O4S2/c27-19(15-31-20-22-23-24-26(20)14-17-6-5-13-30-17)21-16-7-9-18(10-8-16)32(28,29)25-11-3-1-2-4-12-25/h7-10,17H,1-6,11-15H2,(H,21,27)/t17-/m0/s1. The Balaban J connectivity index is 1.30. The van der Waals surface area contributed by atoms with Crippen molar-refractivity contribution in [1.29, 1.82) is 0 Å². The molecule has 3 heterocycles. The van der Waals surface area contributed by atoms with E-state index in [9.17, 15) is 13.2 Å². The second-order valence-corrected chi connectivity index (χ2v) is 10.8. The molecule has 0 unspecified atom stereocenters. The largest absolute Gasteiger partial charge is 0.376 e. The average Bonchev–Trinajstić information content (AvgIpc) is 3.38. The number of carbonyl (C=O) groups is 1. The zero-order valence-corrected chi connectivity index (χ0v) is 19.5. The van der Waals surface area contributed by atoms with Gasteiger partial charge in [-0.25, -0.2) is 13.1 Å². The number of nitrogens with one attached hydrogen (secondary N) is 1. The molecule has 32 heavy (non-hydrogen) atoms. The number of hydrogen-bond donors (Lipinski definition) is 1. The lowest BCUT2D eigenvalue weighted by atomic mass is 10.2. The number of thioether (sulfide) groups is 1. The highest BCUT2D eigenvalue weighted by molar-refractivity contribution is 7.99. The summed E-state index contributed by atoms with van der Waals surface area (Å²) < 4.78 is 34.6. The molecule has 2 saturated heterocycles. The van der Waals surface area contributed by atoms with Crippen molar-refractivity contribution in [1.82, 2.24) is 24.5 Å². The van der Waals surface area contributed by atoms with Crippen LogP contribution in [0.5, 0.6) is 0 Å². The maximum atomic E-state index is 12.9. The van der Waals surface area contributed by atoms with Gasteiger partial charge in [-0.1, -0.05) is 24.6 Å². The maximum Gasteiger partial charge on any atom is 0.243 e. The van der Waals surface area contributed by atoms with Crippen LogP contribution in [-0.2, 0) is 26.1 Å². The van der Waals surface area contributed by atoms with E-state index in [-0.39, 0.29) is 22.7 Å². The van der Waals surface area contributed by atoms with Gasteiger partial charge in [0.1, 0.15) is 0 Å². The Bertz CT molecular complexity index is 997. The van der Waals surface area contributed by atoms with Crippen LogP contribution in [0.1, 0.15) is 38.5 Å². The van der Waals surface area contributed by atoms with Gasteiger partial charge in [0.15, 0.2) is 0 Å². The van der Waals surface area contributed by atoms with Crippen molar-refractivity contribution in [3.05, 3.63) is 24.3 Å². The van der Waals surface area contributed by atoms with E-state index in [1.165, 1.54) is 11.8 Å². The number of anilines is 1. The molecule has 0 bridgehead atoms. The molecule has 174 valence electrons. The summed E-state index contributed by atoms with van der Waals surface area (Å²) >= 11 is 1.25. The van der Waals surface area contributed by atoms with E-state index >= 15 is 0 Å². The summed E-state index contributed by atoms with van der Waals surface area (Å²) in [7, 11) is -3.50. The van der Waals surface area contributed by atoms with Crippen LogP contribution >= 0.6 is 11.8 Å². The third kappa shape index (κ3) is 5.85. The van der Waals surface area contributed by atoms with Crippen LogP contribution in [0.2, 0.25) is 0 Å². The van der Waals surface area contributed by atoms with Crippen LogP contribution in [0, 0.1) is 0 Å². The highest BCUT2D eigenvalue weighted by Gasteiger charge is 2.25. The van der Waals surface area contributed by atoms with Crippen LogP contribution in [0.4, 0.5) is 5.69 Å². The van der Waals surface area contributed by atoms with Gasteiger partial charge in [0.25, 0.3) is 0 Å². The van der Waals surface area contributed by atoms with Gasteiger partial charge < -0.3 is 10.1 Å². The zero-order valence-electron chi connectivity index (χ0n) is 17.9. The molecule has 0 spiro atoms. The molecule has 1 aromatic carbocycles. The molecule has 4 rings (SSSR count). The second-order valence-electron chi connectivity index (χ2n) is 7.96. The van der Waals surface area contributed by atoms with E-state index in [0.717, 1.165) is 45.1 Å². The van der Waals surface area contributed by atoms with Gasteiger partial charge in [-0.15, -0.1) is 5.10 Å². The number of hydrogen-bond acceptors (Lipinski definition) is 8. The molecule has 1 N–H and O–H groups in total. The van der Waals surface area contributed by atoms with Gasteiger partial charge in [0.2, 0.25) is 21.1 Å². The van der Waals surface area contributed by atoms with Crippen LogP contribution in [0.25, 0.3) is 0 Å². The minimum Gasteiger partial charge on any atom is -0.376 e. The highest BCUT2D eigenvalue weighted by Crippen LogP contribution is 2.22. The van der Waals surface area contributed by atoms with E-state index < -0.39 is 10.0 Å². The number of tetrazole rings is 1. The van der Waals surface area contributed by atoms with Gasteiger partial charge >= 0.3 is 0 Å². The summed E-state index contributed by atoms with van der Waals surface area (Å²) in [5, 5.41) is 15.0. The van der Waals surface area contributed by atoms with Gasteiger partial charge in [-0.05, 0) is 60.4 Å². The summed E-state index contributed by atoms with van der Waals surface area (Å²) in [5.74, 6) is -0.0792. The number of aromatic nitrogens is 4. The molecule has 1 amide bonds. The average molecular weight is 481 g/mol. The van der Waals surface area contributed by atoms with Crippen molar-refractivity contribution in [3.63, 3.8) is 0 Å². The van der Waals surface area contributed by atoms with Crippen molar-refractivity contribution in [3.8, 4) is 0 Å². The van der Waals surface area contributed by atoms with Crippen LogP contribution in [-0.4, -0.2) is 70.4 Å². The summed E-state index contributed by atoms with van der Waals surface area (Å²) in [6.07, 6.45) is 6.04. The Kier molecular flexibility index (Phi) is 7.76. The van der Waals surface area contributed by atoms with Gasteiger partial charge in [-0.2, -0.15) is 4.31 Å². The van der Waals surface area contributed by atoms with Crippen molar-refractivity contribution in [2.75, 3.05) is 30.8 Å². The fraction of sp³-hybridized carbons (Fsp3) is 0.600. The predicted octanol–water partition coefficient (Wildman–Crippen LogP) is 2.15. The number of sulfonamides is 1. The molecule has 2 aliphatic rings. The number of nitrogens with zero attached hydrogens (tertiary/aromatic N) is 5. The summed E-state index contributed by atoms with van der Waals surface area (Å²) in [6, 6.07) is 6.33. The third-order valence-electron chi connectivity index (χ3n) is 5.57. The first-order valence-corrected chi connectivity index (χ1v) is 13.4. The van der Waals surface area contributed by atoms with E-state index in [4.69, 9.17) is 4.74 Å². The monoisotopic (exact) mass is 480 g/mol. The number of ether oxygens (including phenoxy) is 1. The minimum absolute atomic E-state index is 0.107. The second kappa shape index (κ2) is 10.7. The molecule has 0 aliphatic carbocycles. The first-order valence-electron chi connectivity index (χ1n) is 10.9. The first kappa shape index (κ1) is 23.1. The first-order chi connectivity index (χ1) is 15.5. The molecule has 1 aromatic heterocycles. The molecule has 2 fully saturated rings. The van der Waals surface area contributed by atoms with Crippen molar-refractivity contribution in [2.45, 2.75) is 61.2 Å². The van der Waals surface area contributed by atoms with Crippen LogP contribution < -0.4 is 5.32 Å². The van der Waals surface area contributed by atoms with Gasteiger partial charge in [-0.3, -0.25) is 4.79 Å². The van der Waals surface area contributed by atoms with Crippen molar-refractivity contribution >= 4 is 33.4 Å². The van der Waals surface area contributed by atoms with Crippen molar-refractivity contribution in [2.24, 2.45) is 0 Å². The number of benzene rings is 1. The molecule has 2 aromatic rings. The Hall–Kier alpha value is -2.02. The Labute approximate surface area is 192 Å². The van der Waals surface area contributed by atoms with Crippen LogP contribution in [0.15, 0.2) is 34.3 Å². The summed E-state index contributed by atoms with van der Waals surface area (Å²) in [4.78, 5) is 12.6. The van der Waals surface area contributed by atoms with Crippen LogP contribution in [0.3, 0.4) is 0 Å².